The van der Waals surface area contributed by atoms with Crippen LogP contribution in [-0.2, 0) is 0 Å². The number of nitrogens with zero attached hydrogens (tertiary/aromatic N) is 3. The minimum Gasteiger partial charge on any atom is -0.346 e. The lowest BCUT2D eigenvalue weighted by Gasteiger charge is -2.34. The summed E-state index contributed by atoms with van der Waals surface area (Å²) < 4.78 is 0. The van der Waals surface area contributed by atoms with Gasteiger partial charge in [0.15, 0.2) is 5.13 Å². The second-order valence-electron chi connectivity index (χ2n) is 4.75. The molecule has 1 aromatic heterocycles. The van der Waals surface area contributed by atoms with Crippen LogP contribution < -0.4 is 10.2 Å². The van der Waals surface area contributed by atoms with Crippen LogP contribution in [0.1, 0.15) is 19.8 Å². The number of aromatic nitrogens is 1. The number of nitrogens with one attached hydrogen (secondary N) is 1. The van der Waals surface area contributed by atoms with Gasteiger partial charge in [-0.3, -0.25) is 4.90 Å². The Labute approximate surface area is 114 Å². The third-order valence-electron chi connectivity index (χ3n) is 3.37. The summed E-state index contributed by atoms with van der Waals surface area (Å²) in [6.07, 6.45) is 4.46. The van der Waals surface area contributed by atoms with E-state index in [0.29, 0.717) is 0 Å². The summed E-state index contributed by atoms with van der Waals surface area (Å²) in [7, 11) is 0. The highest BCUT2D eigenvalue weighted by Crippen LogP contribution is 2.18. The molecule has 1 aromatic rings. The van der Waals surface area contributed by atoms with Crippen molar-refractivity contribution >= 4 is 16.5 Å². The second-order valence-corrected chi connectivity index (χ2v) is 5.62. The Bertz CT molecular complexity index is 307. The SMILES string of the molecule is CCCCNCCN1CCN(c2nccs2)CC1. The molecule has 0 amide bonds. The lowest BCUT2D eigenvalue weighted by Crippen LogP contribution is -2.48. The van der Waals surface area contributed by atoms with Crippen molar-refractivity contribution < 1.29 is 0 Å². The van der Waals surface area contributed by atoms with Gasteiger partial charge in [0.1, 0.15) is 0 Å². The molecule has 2 rings (SSSR count). The smallest absolute Gasteiger partial charge is 0.185 e. The second kappa shape index (κ2) is 7.71. The Kier molecular flexibility index (Phi) is 5.90. The monoisotopic (exact) mass is 268 g/mol. The molecule has 5 heteroatoms. The minimum absolute atomic E-state index is 1.11. The summed E-state index contributed by atoms with van der Waals surface area (Å²) in [4.78, 5) is 9.31. The van der Waals surface area contributed by atoms with E-state index in [4.69, 9.17) is 0 Å². The first-order valence-corrected chi connectivity index (χ1v) is 7.85. The fourth-order valence-electron chi connectivity index (χ4n) is 2.20. The molecule has 0 spiro atoms. The normalized spacial score (nSPS) is 17.3. The lowest BCUT2D eigenvalue weighted by atomic mass is 10.3. The van der Waals surface area contributed by atoms with Crippen molar-refractivity contribution in [1.82, 2.24) is 15.2 Å². The largest absolute Gasteiger partial charge is 0.346 e. The highest BCUT2D eigenvalue weighted by molar-refractivity contribution is 7.13. The molecular formula is C13H24N4S. The van der Waals surface area contributed by atoms with Crippen molar-refractivity contribution in [3.8, 4) is 0 Å². The molecule has 1 aliphatic heterocycles. The molecule has 102 valence electrons. The summed E-state index contributed by atoms with van der Waals surface area (Å²) in [5.41, 5.74) is 0. The summed E-state index contributed by atoms with van der Waals surface area (Å²) in [5.74, 6) is 0. The molecule has 0 bridgehead atoms. The number of piperazine rings is 1. The maximum atomic E-state index is 4.37. The first kappa shape index (κ1) is 13.8. The Hall–Kier alpha value is -0.650. The van der Waals surface area contributed by atoms with Crippen LogP contribution in [-0.4, -0.2) is 55.7 Å². The zero-order valence-electron chi connectivity index (χ0n) is 11.3. The Balaban J connectivity index is 1.59. The van der Waals surface area contributed by atoms with E-state index in [0.717, 1.165) is 39.3 Å². The van der Waals surface area contributed by atoms with Crippen LogP contribution in [0.5, 0.6) is 0 Å². The zero-order chi connectivity index (χ0) is 12.6. The van der Waals surface area contributed by atoms with Gasteiger partial charge in [0.25, 0.3) is 0 Å². The van der Waals surface area contributed by atoms with E-state index in [-0.39, 0.29) is 0 Å². The van der Waals surface area contributed by atoms with Crippen LogP contribution in [0.15, 0.2) is 11.6 Å². The first-order chi connectivity index (χ1) is 8.90. The molecule has 0 aliphatic carbocycles. The molecule has 0 radical (unpaired) electrons. The van der Waals surface area contributed by atoms with Crippen LogP contribution in [0.4, 0.5) is 5.13 Å². The minimum atomic E-state index is 1.11. The van der Waals surface area contributed by atoms with Crippen molar-refractivity contribution in [2.45, 2.75) is 19.8 Å². The highest BCUT2D eigenvalue weighted by Gasteiger charge is 2.17. The molecule has 0 aromatic carbocycles. The predicted octanol–water partition coefficient (Wildman–Crippen LogP) is 1.65. The van der Waals surface area contributed by atoms with E-state index >= 15 is 0 Å². The van der Waals surface area contributed by atoms with Crippen LogP contribution in [0.25, 0.3) is 0 Å². The van der Waals surface area contributed by atoms with Gasteiger partial charge >= 0.3 is 0 Å². The van der Waals surface area contributed by atoms with Crippen LogP contribution >= 0.6 is 11.3 Å². The summed E-state index contributed by atoms with van der Waals surface area (Å²) >= 11 is 1.74. The Morgan fingerprint density at radius 1 is 1.28 bits per heavy atom. The van der Waals surface area contributed by atoms with Crippen LogP contribution in [0, 0.1) is 0 Å². The van der Waals surface area contributed by atoms with E-state index in [2.05, 4.69) is 32.4 Å². The summed E-state index contributed by atoms with van der Waals surface area (Å²) in [6.45, 7) is 10.2. The topological polar surface area (TPSA) is 31.4 Å². The zero-order valence-corrected chi connectivity index (χ0v) is 12.1. The number of hydrogen-bond acceptors (Lipinski definition) is 5. The van der Waals surface area contributed by atoms with Crippen molar-refractivity contribution in [1.29, 1.82) is 0 Å². The highest BCUT2D eigenvalue weighted by atomic mass is 32.1. The van der Waals surface area contributed by atoms with Gasteiger partial charge in [-0.25, -0.2) is 4.98 Å². The van der Waals surface area contributed by atoms with E-state index in [1.807, 2.05) is 6.20 Å². The molecule has 1 aliphatic rings. The fraction of sp³-hybridized carbons (Fsp3) is 0.769. The molecule has 0 saturated carbocycles. The van der Waals surface area contributed by atoms with Gasteiger partial charge in [-0.05, 0) is 13.0 Å². The molecule has 1 fully saturated rings. The molecular weight excluding hydrogens is 244 g/mol. The Morgan fingerprint density at radius 3 is 2.78 bits per heavy atom. The third-order valence-corrected chi connectivity index (χ3v) is 4.21. The maximum Gasteiger partial charge on any atom is 0.185 e. The van der Waals surface area contributed by atoms with Crippen molar-refractivity contribution in [3.63, 3.8) is 0 Å². The number of unbranched alkanes of at least 4 members (excludes halogenated alkanes) is 1. The van der Waals surface area contributed by atoms with E-state index in [1.165, 1.54) is 24.5 Å². The quantitative estimate of drug-likeness (QED) is 0.762. The summed E-state index contributed by atoms with van der Waals surface area (Å²) in [6, 6.07) is 0. The van der Waals surface area contributed by atoms with Crippen LogP contribution in [0.2, 0.25) is 0 Å². The molecule has 1 N–H and O–H groups in total. The third kappa shape index (κ3) is 4.23. The van der Waals surface area contributed by atoms with Crippen LogP contribution in [0.3, 0.4) is 0 Å². The van der Waals surface area contributed by atoms with Gasteiger partial charge in [0, 0.05) is 50.8 Å². The van der Waals surface area contributed by atoms with Crippen molar-refractivity contribution in [3.05, 3.63) is 11.6 Å². The number of hydrogen-bond donors (Lipinski definition) is 1. The van der Waals surface area contributed by atoms with Gasteiger partial charge < -0.3 is 10.2 Å². The first-order valence-electron chi connectivity index (χ1n) is 6.97. The molecule has 4 nitrogen and oxygen atoms in total. The molecule has 18 heavy (non-hydrogen) atoms. The van der Waals surface area contributed by atoms with Gasteiger partial charge in [-0.1, -0.05) is 13.3 Å². The average Bonchev–Trinajstić information content (AvgIpc) is 2.93. The molecule has 0 atom stereocenters. The van der Waals surface area contributed by atoms with Gasteiger partial charge in [0.2, 0.25) is 0 Å². The fourth-order valence-corrected chi connectivity index (χ4v) is 2.90. The maximum absolute atomic E-state index is 4.37. The average molecular weight is 268 g/mol. The predicted molar refractivity (Wildman–Crippen MR) is 78.5 cm³/mol. The van der Waals surface area contributed by atoms with E-state index in [9.17, 15) is 0 Å². The van der Waals surface area contributed by atoms with Crippen molar-refractivity contribution in [2.24, 2.45) is 0 Å². The number of rotatable bonds is 7. The Morgan fingerprint density at radius 2 is 2.11 bits per heavy atom. The van der Waals surface area contributed by atoms with Crippen molar-refractivity contribution in [2.75, 3.05) is 50.7 Å². The molecule has 0 unspecified atom stereocenters. The molecule has 1 saturated heterocycles. The number of anilines is 1. The number of thiazole rings is 1. The molecule has 2 heterocycles. The van der Waals surface area contributed by atoms with E-state index < -0.39 is 0 Å². The van der Waals surface area contributed by atoms with Gasteiger partial charge in [0.05, 0.1) is 0 Å². The lowest BCUT2D eigenvalue weighted by molar-refractivity contribution is 0.257. The van der Waals surface area contributed by atoms with Gasteiger partial charge in [-0.15, -0.1) is 11.3 Å². The van der Waals surface area contributed by atoms with Gasteiger partial charge in [-0.2, -0.15) is 0 Å². The van der Waals surface area contributed by atoms with E-state index in [1.54, 1.807) is 11.3 Å². The standard InChI is InChI=1S/C13H24N4S/c1-2-3-4-14-5-7-16-8-10-17(11-9-16)13-15-6-12-18-13/h6,12,14H,2-5,7-11H2,1H3. The summed E-state index contributed by atoms with van der Waals surface area (Å²) in [5, 5.41) is 6.74.